The molecule has 114 valence electrons. The molecule has 0 fully saturated rings. The summed E-state index contributed by atoms with van der Waals surface area (Å²) in [6, 6.07) is 6.05. The molecule has 2 nitrogen and oxygen atoms in total. The molecule has 1 aromatic carbocycles. The highest BCUT2D eigenvalue weighted by atomic mass is 35.5. The first-order chi connectivity index (χ1) is 9.65. The van der Waals surface area contributed by atoms with Crippen LogP contribution in [0, 0.1) is 5.92 Å². The molecule has 3 heteroatoms. The van der Waals surface area contributed by atoms with E-state index in [4.69, 9.17) is 21.1 Å². The van der Waals surface area contributed by atoms with Crippen molar-refractivity contribution < 1.29 is 9.47 Å². The second-order valence-electron chi connectivity index (χ2n) is 5.22. The minimum atomic E-state index is 0.185. The Balaban J connectivity index is 2.71. The van der Waals surface area contributed by atoms with Crippen LogP contribution in [-0.2, 0) is 6.42 Å². The van der Waals surface area contributed by atoms with Crippen molar-refractivity contribution in [3.63, 3.8) is 0 Å². The number of methoxy groups -OCH3 is 2. The predicted molar refractivity (Wildman–Crippen MR) is 86.2 cm³/mol. The number of alkyl halides is 1. The van der Waals surface area contributed by atoms with Gasteiger partial charge >= 0.3 is 0 Å². The Morgan fingerprint density at radius 1 is 1.10 bits per heavy atom. The van der Waals surface area contributed by atoms with Crippen LogP contribution in [0.5, 0.6) is 11.5 Å². The van der Waals surface area contributed by atoms with Crippen molar-refractivity contribution in [1.82, 2.24) is 0 Å². The zero-order valence-electron chi connectivity index (χ0n) is 13.1. The van der Waals surface area contributed by atoms with E-state index in [1.54, 1.807) is 14.2 Å². The van der Waals surface area contributed by atoms with Crippen LogP contribution in [-0.4, -0.2) is 19.6 Å². The number of halogens is 1. The predicted octanol–water partition coefficient (Wildman–Crippen LogP) is 5.07. The van der Waals surface area contributed by atoms with E-state index in [0.29, 0.717) is 5.92 Å². The van der Waals surface area contributed by atoms with Gasteiger partial charge in [-0.2, -0.15) is 0 Å². The van der Waals surface area contributed by atoms with Crippen molar-refractivity contribution in [3.8, 4) is 11.5 Å². The highest BCUT2D eigenvalue weighted by Crippen LogP contribution is 2.30. The summed E-state index contributed by atoms with van der Waals surface area (Å²) < 4.78 is 10.6. The second-order valence-corrected chi connectivity index (χ2v) is 5.78. The standard InChI is InChI=1S/C17H27ClO2/c1-5-7-8-14(6-2)15(18)11-13-9-10-16(19-3)17(12-13)20-4/h9-10,12,14-15H,5-8,11H2,1-4H3. The number of unbranched alkanes of at least 4 members (excludes halogenated alkanes) is 1. The maximum Gasteiger partial charge on any atom is 0.160 e. The zero-order chi connectivity index (χ0) is 15.0. The van der Waals surface area contributed by atoms with Crippen LogP contribution in [0.4, 0.5) is 0 Å². The summed E-state index contributed by atoms with van der Waals surface area (Å²) in [5, 5.41) is 0.185. The van der Waals surface area contributed by atoms with Gasteiger partial charge in [-0.25, -0.2) is 0 Å². The second kappa shape index (κ2) is 9.12. The first kappa shape index (κ1) is 17.2. The van der Waals surface area contributed by atoms with E-state index in [1.807, 2.05) is 12.1 Å². The summed E-state index contributed by atoms with van der Waals surface area (Å²) in [6.45, 7) is 4.45. The molecule has 0 aliphatic carbocycles. The molecule has 2 unspecified atom stereocenters. The van der Waals surface area contributed by atoms with E-state index in [9.17, 15) is 0 Å². The molecule has 0 saturated carbocycles. The lowest BCUT2D eigenvalue weighted by Gasteiger charge is -2.21. The van der Waals surface area contributed by atoms with E-state index in [-0.39, 0.29) is 5.38 Å². The van der Waals surface area contributed by atoms with Crippen molar-refractivity contribution in [2.24, 2.45) is 5.92 Å². The minimum Gasteiger partial charge on any atom is -0.493 e. The molecule has 0 bridgehead atoms. The summed E-state index contributed by atoms with van der Waals surface area (Å²) >= 11 is 6.61. The summed E-state index contributed by atoms with van der Waals surface area (Å²) in [4.78, 5) is 0. The lowest BCUT2D eigenvalue weighted by atomic mass is 9.92. The van der Waals surface area contributed by atoms with Crippen molar-refractivity contribution >= 4 is 11.6 Å². The van der Waals surface area contributed by atoms with E-state index in [1.165, 1.54) is 24.8 Å². The van der Waals surface area contributed by atoms with E-state index >= 15 is 0 Å². The molecule has 0 radical (unpaired) electrons. The molecule has 0 N–H and O–H groups in total. The average Bonchev–Trinajstić information content (AvgIpc) is 2.47. The number of hydrogen-bond acceptors (Lipinski definition) is 2. The van der Waals surface area contributed by atoms with Crippen LogP contribution in [0.3, 0.4) is 0 Å². The number of hydrogen-bond donors (Lipinski definition) is 0. The SMILES string of the molecule is CCCCC(CC)C(Cl)Cc1ccc(OC)c(OC)c1. The van der Waals surface area contributed by atoms with E-state index in [0.717, 1.165) is 24.3 Å². The number of ether oxygens (including phenoxy) is 2. The number of rotatable bonds is 9. The van der Waals surface area contributed by atoms with Gasteiger partial charge in [0.05, 0.1) is 14.2 Å². The highest BCUT2D eigenvalue weighted by Gasteiger charge is 2.18. The first-order valence-corrected chi connectivity index (χ1v) is 7.94. The van der Waals surface area contributed by atoms with Crippen LogP contribution in [0.2, 0.25) is 0 Å². The fraction of sp³-hybridized carbons (Fsp3) is 0.647. The molecule has 0 aliphatic rings. The fourth-order valence-electron chi connectivity index (χ4n) is 2.51. The Morgan fingerprint density at radius 2 is 1.80 bits per heavy atom. The summed E-state index contributed by atoms with van der Waals surface area (Å²) in [6.07, 6.45) is 5.73. The molecule has 0 amide bonds. The lowest BCUT2D eigenvalue weighted by molar-refractivity contribution is 0.354. The zero-order valence-corrected chi connectivity index (χ0v) is 13.9. The quantitative estimate of drug-likeness (QED) is 0.593. The molecule has 0 heterocycles. The third kappa shape index (κ3) is 4.90. The minimum absolute atomic E-state index is 0.185. The van der Waals surface area contributed by atoms with Gasteiger partial charge in [-0.3, -0.25) is 0 Å². The van der Waals surface area contributed by atoms with Gasteiger partial charge in [-0.05, 0) is 36.5 Å². The van der Waals surface area contributed by atoms with Gasteiger partial charge in [0.25, 0.3) is 0 Å². The van der Waals surface area contributed by atoms with Crippen molar-refractivity contribution in [3.05, 3.63) is 23.8 Å². The Hall–Kier alpha value is -0.890. The molecule has 0 aromatic heterocycles. The largest absolute Gasteiger partial charge is 0.493 e. The smallest absolute Gasteiger partial charge is 0.160 e. The monoisotopic (exact) mass is 298 g/mol. The maximum atomic E-state index is 6.61. The lowest BCUT2D eigenvalue weighted by Crippen LogP contribution is -2.17. The fourth-order valence-corrected chi connectivity index (χ4v) is 2.99. The highest BCUT2D eigenvalue weighted by molar-refractivity contribution is 6.20. The third-order valence-corrected chi connectivity index (χ3v) is 4.35. The Morgan fingerprint density at radius 3 is 2.35 bits per heavy atom. The number of benzene rings is 1. The van der Waals surface area contributed by atoms with Gasteiger partial charge in [-0.1, -0.05) is 39.2 Å². The van der Waals surface area contributed by atoms with E-state index in [2.05, 4.69) is 19.9 Å². The Kier molecular flexibility index (Phi) is 7.83. The molecule has 1 aromatic rings. The molecule has 20 heavy (non-hydrogen) atoms. The van der Waals surface area contributed by atoms with Crippen LogP contribution >= 0.6 is 11.6 Å². The molecule has 0 saturated heterocycles. The Bertz CT molecular complexity index is 393. The molecule has 0 spiro atoms. The van der Waals surface area contributed by atoms with Crippen LogP contribution in [0.1, 0.15) is 45.1 Å². The van der Waals surface area contributed by atoms with Gasteiger partial charge in [0, 0.05) is 5.38 Å². The molecular weight excluding hydrogens is 272 g/mol. The van der Waals surface area contributed by atoms with Crippen molar-refractivity contribution in [2.45, 2.75) is 51.3 Å². The topological polar surface area (TPSA) is 18.5 Å². The maximum absolute atomic E-state index is 6.61. The molecule has 1 rings (SSSR count). The normalized spacial score (nSPS) is 13.8. The van der Waals surface area contributed by atoms with Crippen LogP contribution in [0.15, 0.2) is 18.2 Å². The summed E-state index contributed by atoms with van der Waals surface area (Å²) in [5.41, 5.74) is 1.21. The van der Waals surface area contributed by atoms with Crippen LogP contribution < -0.4 is 9.47 Å². The summed E-state index contributed by atoms with van der Waals surface area (Å²) in [7, 11) is 3.32. The van der Waals surface area contributed by atoms with E-state index < -0.39 is 0 Å². The van der Waals surface area contributed by atoms with Gasteiger partial charge in [0.1, 0.15) is 0 Å². The van der Waals surface area contributed by atoms with Crippen molar-refractivity contribution in [1.29, 1.82) is 0 Å². The van der Waals surface area contributed by atoms with Gasteiger partial charge in [-0.15, -0.1) is 11.6 Å². The van der Waals surface area contributed by atoms with Crippen LogP contribution in [0.25, 0.3) is 0 Å². The molecular formula is C17H27ClO2. The first-order valence-electron chi connectivity index (χ1n) is 7.51. The third-order valence-electron chi connectivity index (χ3n) is 3.84. The molecule has 0 aliphatic heterocycles. The molecule has 2 atom stereocenters. The van der Waals surface area contributed by atoms with Crippen molar-refractivity contribution in [2.75, 3.05) is 14.2 Å². The van der Waals surface area contributed by atoms with Gasteiger partial charge < -0.3 is 9.47 Å². The summed E-state index contributed by atoms with van der Waals surface area (Å²) in [5.74, 6) is 2.13. The van der Waals surface area contributed by atoms with Gasteiger partial charge in [0.2, 0.25) is 0 Å². The Labute approximate surface area is 128 Å². The van der Waals surface area contributed by atoms with Gasteiger partial charge in [0.15, 0.2) is 11.5 Å². The average molecular weight is 299 g/mol.